The number of nitrogens with zero attached hydrogens (tertiary/aromatic N) is 2. The predicted molar refractivity (Wildman–Crippen MR) is 123 cm³/mol. The van der Waals surface area contributed by atoms with Gasteiger partial charge in [-0.3, -0.25) is 14.3 Å². The molecule has 9 heteroatoms. The molecule has 2 amide bonds. The summed E-state index contributed by atoms with van der Waals surface area (Å²) in [6.07, 6.45) is 2.97. The van der Waals surface area contributed by atoms with Crippen molar-refractivity contribution in [2.45, 2.75) is 13.2 Å². The molecule has 2 aromatic carbocycles. The van der Waals surface area contributed by atoms with Crippen LogP contribution in [-0.2, 0) is 20.2 Å². The highest BCUT2D eigenvalue weighted by Gasteiger charge is 2.19. The van der Waals surface area contributed by atoms with Crippen molar-refractivity contribution < 1.29 is 18.7 Å². The number of hydrogen-bond donors (Lipinski definition) is 2. The van der Waals surface area contributed by atoms with Gasteiger partial charge in [-0.1, -0.05) is 29.8 Å². The lowest BCUT2D eigenvalue weighted by Gasteiger charge is -2.09. The molecule has 0 fully saturated rings. The van der Waals surface area contributed by atoms with Gasteiger partial charge >= 0.3 is 0 Å². The van der Waals surface area contributed by atoms with Crippen LogP contribution in [0.5, 0.6) is 5.75 Å². The lowest BCUT2D eigenvalue weighted by Crippen LogP contribution is -2.26. The number of aromatic nitrogens is 2. The van der Waals surface area contributed by atoms with E-state index in [-0.39, 0.29) is 24.1 Å². The number of hydrogen-bond acceptors (Lipinski definition) is 5. The van der Waals surface area contributed by atoms with Crippen LogP contribution >= 0.6 is 11.6 Å². The Balaban J connectivity index is 1.37. The van der Waals surface area contributed by atoms with Crippen LogP contribution in [0.3, 0.4) is 0 Å². The third kappa shape index (κ3) is 5.61. The van der Waals surface area contributed by atoms with Crippen LogP contribution in [0.25, 0.3) is 0 Å². The topological polar surface area (TPSA) is 98.4 Å². The summed E-state index contributed by atoms with van der Waals surface area (Å²) in [4.78, 5) is 25.4. The fourth-order valence-electron chi connectivity index (χ4n) is 3.13. The number of carbonyl (C=O) groups excluding carboxylic acids is 2. The minimum atomic E-state index is -0.379. The van der Waals surface area contributed by atoms with Crippen molar-refractivity contribution in [3.8, 4) is 5.75 Å². The van der Waals surface area contributed by atoms with Gasteiger partial charge in [0.2, 0.25) is 0 Å². The molecule has 0 saturated carbocycles. The molecular weight excluding hydrogens is 444 g/mol. The molecule has 4 aromatic rings. The van der Waals surface area contributed by atoms with Crippen LogP contribution in [-0.4, -0.2) is 21.6 Å². The van der Waals surface area contributed by atoms with Gasteiger partial charge in [-0.2, -0.15) is 5.10 Å². The summed E-state index contributed by atoms with van der Waals surface area (Å²) in [5.74, 6) is 0.551. The van der Waals surface area contributed by atoms with Crippen molar-refractivity contribution in [1.29, 1.82) is 0 Å². The first kappa shape index (κ1) is 22.2. The Morgan fingerprint density at radius 3 is 2.64 bits per heavy atom. The minimum absolute atomic E-state index is 0.225. The summed E-state index contributed by atoms with van der Waals surface area (Å²) in [5, 5.41) is 10.2. The molecule has 0 saturated heterocycles. The van der Waals surface area contributed by atoms with Crippen LogP contribution in [0, 0.1) is 0 Å². The average Bonchev–Trinajstić information content (AvgIpc) is 3.46. The van der Waals surface area contributed by atoms with Crippen LogP contribution in [0.1, 0.15) is 32.2 Å². The highest BCUT2D eigenvalue weighted by atomic mass is 35.5. The van der Waals surface area contributed by atoms with E-state index in [0.29, 0.717) is 34.4 Å². The SMILES string of the molecule is Cn1ncc(NC(=O)c2ccc(COc3cccc(Cl)c3)cc2)c1C(=O)NCc1ccco1. The molecular formula is C24H21ClN4O4. The number of rotatable bonds is 8. The molecule has 0 aliphatic rings. The van der Waals surface area contributed by atoms with Gasteiger partial charge < -0.3 is 19.8 Å². The van der Waals surface area contributed by atoms with Crippen molar-refractivity contribution in [2.24, 2.45) is 7.05 Å². The van der Waals surface area contributed by atoms with Crippen molar-refractivity contribution in [1.82, 2.24) is 15.1 Å². The lowest BCUT2D eigenvalue weighted by atomic mass is 10.1. The zero-order chi connectivity index (χ0) is 23.2. The molecule has 2 heterocycles. The Morgan fingerprint density at radius 2 is 1.91 bits per heavy atom. The van der Waals surface area contributed by atoms with Gasteiger partial charge in [0, 0.05) is 17.6 Å². The standard InChI is InChI=1S/C24H21ClN4O4/c1-29-22(24(31)26-13-20-6-3-11-32-20)21(14-27-29)28-23(30)17-9-7-16(8-10-17)15-33-19-5-2-4-18(25)12-19/h2-12,14H,13,15H2,1H3,(H,26,31)(H,28,30). The van der Waals surface area contributed by atoms with E-state index in [9.17, 15) is 9.59 Å². The quantitative estimate of drug-likeness (QED) is 0.402. The molecule has 0 unspecified atom stereocenters. The maximum atomic E-state index is 12.7. The molecule has 2 N–H and O–H groups in total. The number of aryl methyl sites for hydroxylation is 1. The average molecular weight is 465 g/mol. The Kier molecular flexibility index (Phi) is 6.75. The molecule has 0 radical (unpaired) electrons. The Bertz CT molecular complexity index is 1250. The van der Waals surface area contributed by atoms with E-state index in [4.69, 9.17) is 20.8 Å². The first-order chi connectivity index (χ1) is 16.0. The summed E-state index contributed by atoms with van der Waals surface area (Å²) < 4.78 is 12.3. The maximum Gasteiger partial charge on any atom is 0.272 e. The second kappa shape index (κ2) is 10.1. The summed E-state index contributed by atoms with van der Waals surface area (Å²) in [5.41, 5.74) is 1.88. The zero-order valence-corrected chi connectivity index (χ0v) is 18.5. The fourth-order valence-corrected chi connectivity index (χ4v) is 3.31. The smallest absolute Gasteiger partial charge is 0.272 e. The number of halogens is 1. The first-order valence-electron chi connectivity index (χ1n) is 10.1. The fraction of sp³-hybridized carbons (Fsp3) is 0.125. The van der Waals surface area contributed by atoms with E-state index in [0.717, 1.165) is 5.56 Å². The predicted octanol–water partition coefficient (Wildman–Crippen LogP) is 4.43. The van der Waals surface area contributed by atoms with E-state index >= 15 is 0 Å². The number of benzene rings is 2. The van der Waals surface area contributed by atoms with Gasteiger partial charge in [0.25, 0.3) is 11.8 Å². The largest absolute Gasteiger partial charge is 0.489 e. The van der Waals surface area contributed by atoms with Crippen LogP contribution < -0.4 is 15.4 Å². The van der Waals surface area contributed by atoms with Crippen molar-refractivity contribution in [3.63, 3.8) is 0 Å². The van der Waals surface area contributed by atoms with Gasteiger partial charge in [0.05, 0.1) is 24.7 Å². The van der Waals surface area contributed by atoms with Gasteiger partial charge in [0.15, 0.2) is 0 Å². The van der Waals surface area contributed by atoms with E-state index < -0.39 is 0 Å². The number of carbonyl (C=O) groups is 2. The van der Waals surface area contributed by atoms with Gasteiger partial charge in [-0.25, -0.2) is 0 Å². The molecule has 0 bridgehead atoms. The van der Waals surface area contributed by atoms with E-state index in [1.54, 1.807) is 55.6 Å². The number of furan rings is 1. The summed E-state index contributed by atoms with van der Waals surface area (Å²) in [6, 6.07) is 17.6. The molecule has 0 atom stereocenters. The Labute approximate surface area is 195 Å². The molecule has 0 aliphatic heterocycles. The van der Waals surface area contributed by atoms with Crippen LogP contribution in [0.15, 0.2) is 77.5 Å². The monoisotopic (exact) mass is 464 g/mol. The second-order valence-electron chi connectivity index (χ2n) is 7.19. The highest BCUT2D eigenvalue weighted by Crippen LogP contribution is 2.19. The summed E-state index contributed by atoms with van der Waals surface area (Å²) >= 11 is 5.96. The summed E-state index contributed by atoms with van der Waals surface area (Å²) in [7, 11) is 1.63. The van der Waals surface area contributed by atoms with E-state index in [2.05, 4.69) is 15.7 Å². The lowest BCUT2D eigenvalue weighted by molar-refractivity contribution is 0.0939. The molecule has 4 rings (SSSR count). The van der Waals surface area contributed by atoms with Crippen molar-refractivity contribution in [2.75, 3.05) is 5.32 Å². The number of ether oxygens (including phenoxy) is 1. The molecule has 8 nitrogen and oxygen atoms in total. The Morgan fingerprint density at radius 1 is 1.09 bits per heavy atom. The van der Waals surface area contributed by atoms with Gasteiger partial charge in [0.1, 0.15) is 23.8 Å². The maximum absolute atomic E-state index is 12.7. The van der Waals surface area contributed by atoms with Crippen molar-refractivity contribution in [3.05, 3.63) is 101 Å². The van der Waals surface area contributed by atoms with E-state index in [1.165, 1.54) is 17.1 Å². The minimum Gasteiger partial charge on any atom is -0.489 e. The van der Waals surface area contributed by atoms with Gasteiger partial charge in [-0.05, 0) is 48.0 Å². The third-order valence-corrected chi connectivity index (χ3v) is 5.06. The second-order valence-corrected chi connectivity index (χ2v) is 7.63. The van der Waals surface area contributed by atoms with Crippen LogP contribution in [0.2, 0.25) is 5.02 Å². The third-order valence-electron chi connectivity index (χ3n) is 4.82. The molecule has 0 aliphatic carbocycles. The molecule has 33 heavy (non-hydrogen) atoms. The van der Waals surface area contributed by atoms with E-state index in [1.807, 2.05) is 12.1 Å². The number of amides is 2. The Hall–Kier alpha value is -4.04. The van der Waals surface area contributed by atoms with Crippen molar-refractivity contribution >= 4 is 29.1 Å². The molecule has 168 valence electrons. The van der Waals surface area contributed by atoms with Crippen LogP contribution in [0.4, 0.5) is 5.69 Å². The first-order valence-corrected chi connectivity index (χ1v) is 10.5. The molecule has 2 aromatic heterocycles. The highest BCUT2D eigenvalue weighted by molar-refractivity contribution is 6.30. The normalized spacial score (nSPS) is 10.6. The van der Waals surface area contributed by atoms with Gasteiger partial charge in [-0.15, -0.1) is 0 Å². The summed E-state index contributed by atoms with van der Waals surface area (Å²) in [6.45, 7) is 0.563. The zero-order valence-electron chi connectivity index (χ0n) is 17.7. The number of nitrogens with one attached hydrogen (secondary N) is 2. The molecule has 0 spiro atoms. The number of anilines is 1.